The van der Waals surface area contributed by atoms with Gasteiger partial charge in [0.25, 0.3) is 0 Å². The van der Waals surface area contributed by atoms with Gasteiger partial charge < -0.3 is 4.90 Å². The Morgan fingerprint density at radius 3 is 2.52 bits per heavy atom. The van der Waals surface area contributed by atoms with E-state index in [1.165, 1.54) is 49.2 Å². The van der Waals surface area contributed by atoms with Crippen molar-refractivity contribution in [2.75, 3.05) is 24.6 Å². The second kappa shape index (κ2) is 8.06. The van der Waals surface area contributed by atoms with Crippen LogP contribution in [0.2, 0.25) is 5.02 Å². The van der Waals surface area contributed by atoms with E-state index in [9.17, 15) is 0 Å². The summed E-state index contributed by atoms with van der Waals surface area (Å²) in [5, 5.41) is 13.8. The van der Waals surface area contributed by atoms with E-state index in [0.29, 0.717) is 6.04 Å². The molecule has 25 heavy (non-hydrogen) atoms. The predicted molar refractivity (Wildman–Crippen MR) is 101 cm³/mol. The first kappa shape index (κ1) is 17.3. The lowest BCUT2D eigenvalue weighted by Gasteiger charge is -2.32. The Balaban J connectivity index is 1.70. The van der Waals surface area contributed by atoms with Crippen LogP contribution in [0.15, 0.2) is 24.3 Å². The molecule has 7 heteroatoms. The highest BCUT2D eigenvalue weighted by atomic mass is 35.5. The van der Waals surface area contributed by atoms with Crippen molar-refractivity contribution in [2.24, 2.45) is 0 Å². The lowest BCUT2D eigenvalue weighted by molar-refractivity contribution is -0.922. The number of benzene rings is 1. The van der Waals surface area contributed by atoms with Crippen LogP contribution in [0.4, 0.5) is 0 Å². The predicted octanol–water partition coefficient (Wildman–Crippen LogP) is 2.55. The number of thioether (sulfide) groups is 1. The van der Waals surface area contributed by atoms with E-state index < -0.39 is 0 Å². The van der Waals surface area contributed by atoms with Gasteiger partial charge in [-0.1, -0.05) is 43.0 Å². The van der Waals surface area contributed by atoms with Crippen molar-refractivity contribution in [3.63, 3.8) is 0 Å². The molecule has 0 unspecified atom stereocenters. The van der Waals surface area contributed by atoms with Crippen LogP contribution in [0, 0.1) is 0 Å². The third-order valence-corrected chi connectivity index (χ3v) is 6.68. The van der Waals surface area contributed by atoms with Gasteiger partial charge in [0.15, 0.2) is 6.04 Å². The number of hydrogen-bond donors (Lipinski definition) is 1. The minimum absolute atomic E-state index is 0.190. The maximum Gasteiger partial charge on any atom is 0.214 e. The summed E-state index contributed by atoms with van der Waals surface area (Å²) in [4.78, 5) is 1.56. The summed E-state index contributed by atoms with van der Waals surface area (Å²) in [5.74, 6) is 3.42. The van der Waals surface area contributed by atoms with Crippen molar-refractivity contribution >= 4 is 23.4 Å². The Morgan fingerprint density at radius 1 is 1.08 bits per heavy atom. The van der Waals surface area contributed by atoms with E-state index in [0.717, 1.165) is 23.9 Å². The second-order valence-electron chi connectivity index (χ2n) is 7.03. The van der Waals surface area contributed by atoms with Gasteiger partial charge in [0.1, 0.15) is 0 Å². The number of nitrogens with zero attached hydrogens (tertiary/aromatic N) is 4. The molecule has 2 aliphatic rings. The van der Waals surface area contributed by atoms with E-state index in [4.69, 9.17) is 11.6 Å². The van der Waals surface area contributed by atoms with Gasteiger partial charge in [-0.2, -0.15) is 11.8 Å². The maximum atomic E-state index is 6.12. The fourth-order valence-corrected chi connectivity index (χ4v) is 5.26. The van der Waals surface area contributed by atoms with E-state index >= 15 is 0 Å². The minimum atomic E-state index is 0.190. The number of rotatable bonds is 4. The van der Waals surface area contributed by atoms with Crippen molar-refractivity contribution in [1.29, 1.82) is 0 Å². The van der Waals surface area contributed by atoms with Gasteiger partial charge in [-0.15, -0.1) is 5.10 Å². The third kappa shape index (κ3) is 3.86. The summed E-state index contributed by atoms with van der Waals surface area (Å²) >= 11 is 8.17. The molecule has 134 valence electrons. The SMILES string of the molecule is Clc1ccc([C@@H](c2nnnn2C2CCCCC2)[NH+]2CCSCC2)cc1. The van der Waals surface area contributed by atoms with Crippen molar-refractivity contribution in [3.8, 4) is 0 Å². The third-order valence-electron chi connectivity index (χ3n) is 5.44. The number of nitrogens with one attached hydrogen (secondary N) is 1. The van der Waals surface area contributed by atoms with Gasteiger partial charge >= 0.3 is 0 Å². The molecule has 1 atom stereocenters. The standard InChI is InChI=1S/C18H24ClN5S/c19-15-8-6-14(7-9-15)17(23-10-12-25-13-11-23)18-20-21-22-24(18)16-4-2-1-3-5-16/h6-9,16-17H,1-5,10-13H2/p+1/t17-/m0/s1. The number of tetrazole rings is 1. The minimum Gasteiger partial charge on any atom is -0.321 e. The van der Waals surface area contributed by atoms with Gasteiger partial charge in [0.2, 0.25) is 5.82 Å². The van der Waals surface area contributed by atoms with Crippen LogP contribution in [0.3, 0.4) is 0 Å². The first-order valence-electron chi connectivity index (χ1n) is 9.28. The molecule has 1 saturated carbocycles. The Kier molecular flexibility index (Phi) is 5.58. The first-order chi connectivity index (χ1) is 12.3. The number of halogens is 1. The van der Waals surface area contributed by atoms with Crippen molar-refractivity contribution in [2.45, 2.75) is 44.2 Å². The van der Waals surface area contributed by atoms with Gasteiger partial charge in [0.05, 0.1) is 19.1 Å². The fourth-order valence-electron chi connectivity index (χ4n) is 4.12. The zero-order valence-electron chi connectivity index (χ0n) is 14.4. The van der Waals surface area contributed by atoms with Crippen LogP contribution in [-0.4, -0.2) is 44.8 Å². The molecule has 1 N–H and O–H groups in total. The molecule has 1 aliphatic carbocycles. The summed E-state index contributed by atoms with van der Waals surface area (Å²) < 4.78 is 2.13. The van der Waals surface area contributed by atoms with Crippen molar-refractivity contribution < 1.29 is 4.90 Å². The molecule has 2 fully saturated rings. The fraction of sp³-hybridized carbons (Fsp3) is 0.611. The molecule has 1 aromatic carbocycles. The van der Waals surface area contributed by atoms with Gasteiger partial charge in [0, 0.05) is 22.1 Å². The summed E-state index contributed by atoms with van der Waals surface area (Å²) in [7, 11) is 0. The summed E-state index contributed by atoms with van der Waals surface area (Å²) in [6.07, 6.45) is 6.28. The van der Waals surface area contributed by atoms with Crippen LogP contribution < -0.4 is 4.90 Å². The largest absolute Gasteiger partial charge is 0.321 e. The monoisotopic (exact) mass is 378 g/mol. The molecule has 1 aliphatic heterocycles. The molecule has 0 spiro atoms. The summed E-state index contributed by atoms with van der Waals surface area (Å²) in [6, 6.07) is 8.89. The highest BCUT2D eigenvalue weighted by Crippen LogP contribution is 2.30. The summed E-state index contributed by atoms with van der Waals surface area (Å²) in [6.45, 7) is 2.30. The molecular formula is C18H25ClN5S+. The molecule has 0 amide bonds. The van der Waals surface area contributed by atoms with Crippen LogP contribution in [0.5, 0.6) is 0 Å². The van der Waals surface area contributed by atoms with Gasteiger partial charge in [-0.05, 0) is 35.4 Å². The molecular weight excluding hydrogens is 354 g/mol. The quantitative estimate of drug-likeness (QED) is 0.888. The zero-order valence-corrected chi connectivity index (χ0v) is 16.0. The molecule has 1 aromatic heterocycles. The summed E-state index contributed by atoms with van der Waals surface area (Å²) in [5.41, 5.74) is 1.26. The van der Waals surface area contributed by atoms with E-state index in [2.05, 4.69) is 32.3 Å². The second-order valence-corrected chi connectivity index (χ2v) is 8.69. The lowest BCUT2D eigenvalue weighted by atomic mass is 9.95. The maximum absolute atomic E-state index is 6.12. The normalized spacial score (nSPS) is 21.3. The topological polar surface area (TPSA) is 48.0 Å². The number of aromatic nitrogens is 4. The van der Waals surface area contributed by atoms with Crippen molar-refractivity contribution in [3.05, 3.63) is 40.7 Å². The molecule has 0 radical (unpaired) electrons. The molecule has 5 nitrogen and oxygen atoms in total. The average Bonchev–Trinajstić information content (AvgIpc) is 3.14. The molecule has 4 rings (SSSR count). The lowest BCUT2D eigenvalue weighted by Crippen LogP contribution is -3.14. The Labute approximate surface area is 158 Å². The number of quaternary nitrogens is 1. The Hall–Kier alpha value is -1.11. The van der Waals surface area contributed by atoms with E-state index in [1.807, 2.05) is 23.9 Å². The van der Waals surface area contributed by atoms with E-state index in [-0.39, 0.29) is 6.04 Å². The Bertz CT molecular complexity index is 677. The van der Waals surface area contributed by atoms with Gasteiger partial charge in [-0.25, -0.2) is 4.68 Å². The average molecular weight is 379 g/mol. The highest BCUT2D eigenvalue weighted by Gasteiger charge is 2.34. The van der Waals surface area contributed by atoms with Crippen LogP contribution in [-0.2, 0) is 0 Å². The molecule has 2 aromatic rings. The van der Waals surface area contributed by atoms with Crippen LogP contribution in [0.25, 0.3) is 0 Å². The molecule has 2 heterocycles. The molecule has 0 bridgehead atoms. The van der Waals surface area contributed by atoms with Crippen LogP contribution >= 0.6 is 23.4 Å². The molecule has 1 saturated heterocycles. The Morgan fingerprint density at radius 2 is 1.80 bits per heavy atom. The zero-order chi connectivity index (χ0) is 17.1. The smallest absolute Gasteiger partial charge is 0.214 e. The van der Waals surface area contributed by atoms with Crippen LogP contribution in [0.1, 0.15) is 55.6 Å². The van der Waals surface area contributed by atoms with Crippen molar-refractivity contribution in [1.82, 2.24) is 20.2 Å². The first-order valence-corrected chi connectivity index (χ1v) is 10.8. The highest BCUT2D eigenvalue weighted by molar-refractivity contribution is 7.99. The van der Waals surface area contributed by atoms with Gasteiger partial charge in [-0.3, -0.25) is 0 Å². The van der Waals surface area contributed by atoms with E-state index in [1.54, 1.807) is 4.90 Å². The number of hydrogen-bond acceptors (Lipinski definition) is 4.